The van der Waals surface area contributed by atoms with Crippen LogP contribution in [-0.4, -0.2) is 71.2 Å². The molecule has 3 atom stereocenters. The minimum Gasteiger partial charge on any atom is -0.508 e. The van der Waals surface area contributed by atoms with E-state index in [1.165, 1.54) is 23.1 Å². The largest absolute Gasteiger partial charge is 0.508 e. The lowest BCUT2D eigenvalue weighted by molar-refractivity contribution is 0.0511. The number of carbonyl (C=O) groups excluding carboxylic acids is 3. The summed E-state index contributed by atoms with van der Waals surface area (Å²) in [6.07, 6.45) is 9.31. The number of hydrogen-bond acceptors (Lipinski definition) is 10. The van der Waals surface area contributed by atoms with E-state index in [4.69, 9.17) is 30.2 Å². The molecular formula is C64H76BrN7O7. The van der Waals surface area contributed by atoms with Gasteiger partial charge >= 0.3 is 11.9 Å². The highest BCUT2D eigenvalue weighted by Gasteiger charge is 2.34. The molecular weight excluding hydrogens is 1060 g/mol. The van der Waals surface area contributed by atoms with E-state index < -0.39 is 11.9 Å². The fraction of sp³-hybridized carbons (Fsp3) is 0.438. The first-order chi connectivity index (χ1) is 37.3. The van der Waals surface area contributed by atoms with E-state index in [9.17, 15) is 24.6 Å². The van der Waals surface area contributed by atoms with Crippen molar-refractivity contribution in [2.45, 2.75) is 134 Å². The number of aromatic amines is 3. The Hall–Kier alpha value is -7.00. The average molecular weight is 1140 g/mol. The highest BCUT2D eigenvalue weighted by atomic mass is 79.9. The van der Waals surface area contributed by atoms with Crippen LogP contribution in [0, 0.1) is 34.0 Å². The molecule has 0 saturated carbocycles. The standard InChI is InChI=1S/C24H28N2O3.C22H25N3O2.C18H23BrN2O2/c1-5-29-23(28)22-20(14-7-6-8-17(27)12-14)21-19(26-22)13-15-11-16(24(2,3)4)9-10-18(15)25-21;1-22(2,3)14-7-8-16-13(9-14)11-17-19(24-16)18(20(25-17)21(23)27)12-5-4-6-15(26)10-12;1-5-23-17(22)16-14(19)15-13(21-16)9-10-8-11(18(2,3)4)6-7-12(10)20-15/h6-8,12-13,16,26-27H,5,9-11H2,1-4H3;4-6,10-11,14,25-26H,7-9H2,1-3H3,(H2,23,27);9,11,21H,5-8H2,1-4H3. The molecule has 1 amide bonds. The molecule has 0 fully saturated rings. The third kappa shape index (κ3) is 12.0. The van der Waals surface area contributed by atoms with Gasteiger partial charge in [0.1, 0.15) is 34.1 Å². The van der Waals surface area contributed by atoms with E-state index in [1.54, 1.807) is 50.2 Å². The molecule has 3 aliphatic carbocycles. The average Bonchev–Trinajstić information content (AvgIpc) is 4.31. The molecule has 416 valence electrons. The topological polar surface area (TPSA) is 222 Å². The van der Waals surface area contributed by atoms with Gasteiger partial charge < -0.3 is 40.4 Å². The maximum Gasteiger partial charge on any atom is 0.356 e. The van der Waals surface area contributed by atoms with Gasteiger partial charge in [0.25, 0.3) is 5.91 Å². The van der Waals surface area contributed by atoms with E-state index in [0.717, 1.165) is 113 Å². The monoisotopic (exact) mass is 1130 g/mol. The molecule has 79 heavy (non-hydrogen) atoms. The van der Waals surface area contributed by atoms with Gasteiger partial charge in [0.05, 0.1) is 45.3 Å². The first-order valence-corrected chi connectivity index (χ1v) is 28.6. The molecule has 0 bridgehead atoms. The van der Waals surface area contributed by atoms with Gasteiger partial charge in [0.2, 0.25) is 0 Å². The van der Waals surface area contributed by atoms with E-state index in [2.05, 4.69) is 111 Å². The summed E-state index contributed by atoms with van der Waals surface area (Å²) in [7, 11) is 0. The number of aromatic hydroxyl groups is 2. The molecule has 3 unspecified atom stereocenters. The number of phenolic OH excluding ortho intramolecular Hbond substituents is 2. The van der Waals surface area contributed by atoms with Crippen molar-refractivity contribution >= 4 is 66.9 Å². The predicted octanol–water partition coefficient (Wildman–Crippen LogP) is 14.1. The van der Waals surface area contributed by atoms with Crippen molar-refractivity contribution in [3.63, 3.8) is 0 Å². The minimum absolute atomic E-state index is 0.142. The van der Waals surface area contributed by atoms with Gasteiger partial charge in [-0.2, -0.15) is 0 Å². The molecule has 0 radical (unpaired) electrons. The summed E-state index contributed by atoms with van der Waals surface area (Å²) in [5.41, 5.74) is 22.4. The van der Waals surface area contributed by atoms with Gasteiger partial charge in [0, 0.05) is 28.2 Å². The summed E-state index contributed by atoms with van der Waals surface area (Å²) in [5.74, 6) is 0.895. The Labute approximate surface area is 471 Å². The van der Waals surface area contributed by atoms with Crippen molar-refractivity contribution < 1.29 is 34.1 Å². The van der Waals surface area contributed by atoms with Crippen molar-refractivity contribution in [2.75, 3.05) is 13.2 Å². The van der Waals surface area contributed by atoms with E-state index in [0.29, 0.717) is 69.1 Å². The van der Waals surface area contributed by atoms with Crippen LogP contribution in [0.3, 0.4) is 0 Å². The Kier molecular flexibility index (Phi) is 16.0. The van der Waals surface area contributed by atoms with E-state index >= 15 is 0 Å². The van der Waals surface area contributed by atoms with Crippen LogP contribution in [-0.2, 0) is 48.0 Å². The molecule has 2 aromatic carbocycles. The summed E-state index contributed by atoms with van der Waals surface area (Å²) in [4.78, 5) is 61.0. The number of halogens is 1. The lowest BCUT2D eigenvalue weighted by Crippen LogP contribution is -2.27. The van der Waals surface area contributed by atoms with Gasteiger partial charge in [-0.1, -0.05) is 86.6 Å². The third-order valence-corrected chi connectivity index (χ3v) is 17.3. The number of fused-ring (bicyclic) bond motifs is 6. The SMILES string of the molecule is CC(C)(C)C1CCc2nc3c(-c4cccc(O)c4)c(C(N)=O)[nH]c3cc2C1.CCOC(=O)c1[nH]c2cc3c(nc2c1-c1cccc(O)c1)CCC(C(C)(C)C)C3.CCOC(=O)c1[nH]c2cc3c(nc2c1Br)CCC(C(C)(C)C)C3. The van der Waals surface area contributed by atoms with Crippen LogP contribution >= 0.6 is 15.9 Å². The van der Waals surface area contributed by atoms with Crippen LogP contribution < -0.4 is 5.73 Å². The fourth-order valence-electron chi connectivity index (χ4n) is 11.8. The summed E-state index contributed by atoms with van der Waals surface area (Å²) in [6.45, 7) is 24.9. The van der Waals surface area contributed by atoms with Gasteiger partial charge in [-0.15, -0.1) is 0 Å². The third-order valence-electron chi connectivity index (χ3n) is 16.5. The number of carbonyl (C=O) groups is 3. The van der Waals surface area contributed by atoms with Crippen LogP contribution in [0.15, 0.2) is 71.2 Å². The number of aryl methyl sites for hydroxylation is 3. The normalized spacial score (nSPS) is 17.2. The Morgan fingerprint density at radius 1 is 0.557 bits per heavy atom. The number of ether oxygens (including phenoxy) is 2. The van der Waals surface area contributed by atoms with Crippen molar-refractivity contribution in [1.82, 2.24) is 29.9 Å². The number of nitrogens with two attached hydrogens (primary N) is 1. The highest BCUT2D eigenvalue weighted by Crippen LogP contribution is 2.43. The zero-order chi connectivity index (χ0) is 56.9. The molecule has 6 heterocycles. The number of primary amides is 1. The summed E-state index contributed by atoms with van der Waals surface area (Å²) < 4.78 is 11.1. The van der Waals surface area contributed by atoms with E-state index in [-0.39, 0.29) is 28.3 Å². The Balaban J connectivity index is 0.000000145. The number of hydrogen-bond donors (Lipinski definition) is 6. The lowest BCUT2D eigenvalue weighted by Gasteiger charge is -2.34. The fourth-order valence-corrected chi connectivity index (χ4v) is 12.3. The number of nitrogens with zero attached hydrogens (tertiary/aromatic N) is 3. The lowest BCUT2D eigenvalue weighted by atomic mass is 9.71. The molecule has 14 nitrogen and oxygen atoms in total. The second kappa shape index (κ2) is 22.3. The molecule has 6 aromatic heterocycles. The number of aromatic nitrogens is 6. The number of nitrogens with one attached hydrogen (secondary N) is 3. The smallest absolute Gasteiger partial charge is 0.356 e. The Bertz CT molecular complexity index is 3620. The molecule has 0 aliphatic heterocycles. The molecule has 0 saturated heterocycles. The number of esters is 2. The van der Waals surface area contributed by atoms with Crippen LogP contribution in [0.1, 0.15) is 161 Å². The molecule has 3 aliphatic rings. The van der Waals surface area contributed by atoms with E-state index in [1.807, 2.05) is 12.1 Å². The maximum atomic E-state index is 12.7. The van der Waals surface area contributed by atoms with Crippen LogP contribution in [0.2, 0.25) is 0 Å². The zero-order valence-corrected chi connectivity index (χ0v) is 49.2. The van der Waals surface area contributed by atoms with Crippen LogP contribution in [0.25, 0.3) is 55.4 Å². The number of benzene rings is 2. The minimum atomic E-state index is -0.531. The van der Waals surface area contributed by atoms with Crippen LogP contribution in [0.5, 0.6) is 11.5 Å². The zero-order valence-electron chi connectivity index (χ0n) is 47.6. The summed E-state index contributed by atoms with van der Waals surface area (Å²) >= 11 is 3.50. The summed E-state index contributed by atoms with van der Waals surface area (Å²) in [6, 6.07) is 20.2. The number of amides is 1. The second-order valence-corrected chi connectivity index (χ2v) is 25.7. The summed E-state index contributed by atoms with van der Waals surface area (Å²) in [5, 5.41) is 19.8. The number of H-pyrrole nitrogens is 3. The van der Waals surface area contributed by atoms with Crippen LogP contribution in [0.4, 0.5) is 0 Å². The number of pyridine rings is 3. The molecule has 15 heteroatoms. The maximum absolute atomic E-state index is 12.7. The Morgan fingerprint density at radius 3 is 1.29 bits per heavy atom. The first-order valence-electron chi connectivity index (χ1n) is 27.8. The molecule has 0 spiro atoms. The van der Waals surface area contributed by atoms with Gasteiger partial charge in [-0.25, -0.2) is 14.6 Å². The van der Waals surface area contributed by atoms with Crippen molar-refractivity contribution in [2.24, 2.45) is 39.7 Å². The van der Waals surface area contributed by atoms with Gasteiger partial charge in [0.15, 0.2) is 0 Å². The molecule has 7 N–H and O–H groups in total. The highest BCUT2D eigenvalue weighted by molar-refractivity contribution is 9.10. The first kappa shape index (κ1) is 56.7. The number of phenols is 2. The van der Waals surface area contributed by atoms with Crippen molar-refractivity contribution in [3.8, 4) is 33.8 Å². The molecule has 8 aromatic rings. The van der Waals surface area contributed by atoms with Gasteiger partial charge in [-0.3, -0.25) is 14.8 Å². The predicted molar refractivity (Wildman–Crippen MR) is 316 cm³/mol. The quantitative estimate of drug-likeness (QED) is 0.0829. The van der Waals surface area contributed by atoms with Gasteiger partial charge in [-0.05, 0) is 192 Å². The Morgan fingerprint density at radius 2 is 0.911 bits per heavy atom. The molecule has 11 rings (SSSR count). The number of rotatable bonds is 7. The second-order valence-electron chi connectivity index (χ2n) is 24.9. The van der Waals surface area contributed by atoms with Crippen molar-refractivity contribution in [3.05, 3.63) is 122 Å². The van der Waals surface area contributed by atoms with Crippen molar-refractivity contribution in [1.29, 1.82) is 0 Å².